The molecule has 122 valence electrons. The van der Waals surface area contributed by atoms with Gasteiger partial charge in [-0.2, -0.15) is 0 Å². The van der Waals surface area contributed by atoms with Crippen molar-refractivity contribution in [2.75, 3.05) is 5.32 Å². The topological polar surface area (TPSA) is 98.0 Å². The zero-order chi connectivity index (χ0) is 17.2. The van der Waals surface area contributed by atoms with E-state index in [0.29, 0.717) is 11.6 Å². The maximum atomic E-state index is 11.4. The highest BCUT2D eigenvalue weighted by molar-refractivity contribution is 7.89. The van der Waals surface area contributed by atoms with E-state index in [-0.39, 0.29) is 4.90 Å². The van der Waals surface area contributed by atoms with Gasteiger partial charge in [-0.25, -0.2) is 23.5 Å². The molecule has 0 aliphatic heterocycles. The minimum absolute atomic E-state index is 0.0310. The van der Waals surface area contributed by atoms with Crippen LogP contribution in [0.15, 0.2) is 65.6 Å². The number of aryl methyl sites for hydroxylation is 1. The first-order valence-electron chi connectivity index (χ1n) is 7.23. The molecule has 0 saturated heterocycles. The van der Waals surface area contributed by atoms with Gasteiger partial charge >= 0.3 is 0 Å². The van der Waals surface area contributed by atoms with Gasteiger partial charge in [-0.05, 0) is 31.2 Å². The lowest BCUT2D eigenvalue weighted by molar-refractivity contribution is 0.598. The molecule has 0 aliphatic carbocycles. The van der Waals surface area contributed by atoms with Gasteiger partial charge in [-0.3, -0.25) is 0 Å². The SMILES string of the molecule is Cc1cc(-c2ccccc2)nc(Nc2cccc(S(N)(=O)=O)c2)n1. The van der Waals surface area contributed by atoms with E-state index in [1.165, 1.54) is 12.1 Å². The molecule has 7 heteroatoms. The third-order valence-electron chi connectivity index (χ3n) is 3.34. The van der Waals surface area contributed by atoms with E-state index in [1.54, 1.807) is 12.1 Å². The molecule has 24 heavy (non-hydrogen) atoms. The number of aromatic nitrogens is 2. The third-order valence-corrected chi connectivity index (χ3v) is 4.25. The van der Waals surface area contributed by atoms with Gasteiger partial charge in [0.25, 0.3) is 0 Å². The lowest BCUT2D eigenvalue weighted by atomic mass is 10.1. The Morgan fingerprint density at radius 3 is 2.42 bits per heavy atom. The molecule has 1 heterocycles. The van der Waals surface area contributed by atoms with Crippen LogP contribution in [0, 0.1) is 6.92 Å². The minimum Gasteiger partial charge on any atom is -0.324 e. The molecule has 0 fully saturated rings. The maximum absolute atomic E-state index is 11.4. The van der Waals surface area contributed by atoms with Gasteiger partial charge in [0.2, 0.25) is 16.0 Å². The quantitative estimate of drug-likeness (QED) is 0.761. The van der Waals surface area contributed by atoms with Crippen LogP contribution in [0.1, 0.15) is 5.69 Å². The predicted molar refractivity (Wildman–Crippen MR) is 93.3 cm³/mol. The zero-order valence-electron chi connectivity index (χ0n) is 13.0. The highest BCUT2D eigenvalue weighted by atomic mass is 32.2. The number of rotatable bonds is 4. The molecule has 0 spiro atoms. The highest BCUT2D eigenvalue weighted by Crippen LogP contribution is 2.22. The smallest absolute Gasteiger partial charge is 0.238 e. The van der Waals surface area contributed by atoms with Crippen LogP contribution in [0.5, 0.6) is 0 Å². The fourth-order valence-corrected chi connectivity index (χ4v) is 2.82. The highest BCUT2D eigenvalue weighted by Gasteiger charge is 2.09. The van der Waals surface area contributed by atoms with E-state index in [4.69, 9.17) is 5.14 Å². The molecule has 0 unspecified atom stereocenters. The van der Waals surface area contributed by atoms with Gasteiger partial charge in [0, 0.05) is 16.9 Å². The summed E-state index contributed by atoms with van der Waals surface area (Å²) < 4.78 is 22.9. The van der Waals surface area contributed by atoms with Crippen molar-refractivity contribution >= 4 is 21.7 Å². The van der Waals surface area contributed by atoms with Crippen molar-refractivity contribution < 1.29 is 8.42 Å². The summed E-state index contributed by atoms with van der Waals surface area (Å²) in [5.74, 6) is 0.389. The Morgan fingerprint density at radius 2 is 1.71 bits per heavy atom. The average Bonchev–Trinajstić information content (AvgIpc) is 2.54. The van der Waals surface area contributed by atoms with Crippen LogP contribution in [0.4, 0.5) is 11.6 Å². The average molecular weight is 340 g/mol. The van der Waals surface area contributed by atoms with Crippen LogP contribution < -0.4 is 10.5 Å². The molecule has 3 N–H and O–H groups in total. The minimum atomic E-state index is -3.76. The van der Waals surface area contributed by atoms with Crippen LogP contribution in [-0.2, 0) is 10.0 Å². The summed E-state index contributed by atoms with van der Waals surface area (Å²) in [6.07, 6.45) is 0. The summed E-state index contributed by atoms with van der Waals surface area (Å²) >= 11 is 0. The third kappa shape index (κ3) is 3.76. The van der Waals surface area contributed by atoms with Crippen LogP contribution in [0.25, 0.3) is 11.3 Å². The van der Waals surface area contributed by atoms with Crippen molar-refractivity contribution in [1.82, 2.24) is 9.97 Å². The molecule has 0 amide bonds. The van der Waals surface area contributed by atoms with E-state index < -0.39 is 10.0 Å². The first kappa shape index (κ1) is 16.1. The second kappa shape index (κ2) is 6.38. The Hall–Kier alpha value is -2.77. The fraction of sp³-hybridized carbons (Fsp3) is 0.0588. The van der Waals surface area contributed by atoms with Gasteiger partial charge in [0.1, 0.15) is 0 Å². The van der Waals surface area contributed by atoms with E-state index in [0.717, 1.165) is 17.0 Å². The van der Waals surface area contributed by atoms with Crippen LogP contribution in [-0.4, -0.2) is 18.4 Å². The van der Waals surface area contributed by atoms with Gasteiger partial charge in [-0.15, -0.1) is 0 Å². The van der Waals surface area contributed by atoms with Crippen molar-refractivity contribution in [3.63, 3.8) is 0 Å². The number of anilines is 2. The first-order chi connectivity index (χ1) is 11.4. The second-order valence-electron chi connectivity index (χ2n) is 5.28. The Kier molecular flexibility index (Phi) is 4.28. The number of nitrogens with one attached hydrogen (secondary N) is 1. The predicted octanol–water partition coefficient (Wildman–Crippen LogP) is 2.84. The summed E-state index contributed by atoms with van der Waals surface area (Å²) in [4.78, 5) is 8.86. The molecule has 0 bridgehead atoms. The Balaban J connectivity index is 1.95. The molecular formula is C17H16N4O2S. The van der Waals surface area contributed by atoms with Crippen molar-refractivity contribution in [2.24, 2.45) is 5.14 Å². The number of nitrogens with two attached hydrogens (primary N) is 1. The molecular weight excluding hydrogens is 324 g/mol. The summed E-state index contributed by atoms with van der Waals surface area (Å²) in [5, 5.41) is 8.18. The molecule has 2 aromatic carbocycles. The van der Waals surface area contributed by atoms with Gasteiger partial charge in [0.05, 0.1) is 10.6 Å². The molecule has 0 atom stereocenters. The fourth-order valence-electron chi connectivity index (χ4n) is 2.26. The van der Waals surface area contributed by atoms with E-state index in [2.05, 4.69) is 15.3 Å². The number of hydrogen-bond donors (Lipinski definition) is 2. The maximum Gasteiger partial charge on any atom is 0.238 e. The zero-order valence-corrected chi connectivity index (χ0v) is 13.8. The first-order valence-corrected chi connectivity index (χ1v) is 8.77. The van der Waals surface area contributed by atoms with Crippen LogP contribution >= 0.6 is 0 Å². The standard InChI is InChI=1S/C17H16N4O2S/c1-12-10-16(13-6-3-2-4-7-13)21-17(19-12)20-14-8-5-9-15(11-14)24(18,22)23/h2-11H,1H3,(H2,18,22,23)(H,19,20,21). The largest absolute Gasteiger partial charge is 0.324 e. The van der Waals surface area contributed by atoms with Crippen LogP contribution in [0.2, 0.25) is 0 Å². The number of sulfonamides is 1. The monoisotopic (exact) mass is 340 g/mol. The molecule has 0 radical (unpaired) electrons. The summed E-state index contributed by atoms with van der Waals surface area (Å²) in [7, 11) is -3.76. The Labute approximate surface area is 140 Å². The van der Waals surface area contributed by atoms with Crippen molar-refractivity contribution in [3.8, 4) is 11.3 Å². The van der Waals surface area contributed by atoms with Crippen LogP contribution in [0.3, 0.4) is 0 Å². The number of benzene rings is 2. The molecule has 0 saturated carbocycles. The van der Waals surface area contributed by atoms with Gasteiger partial charge < -0.3 is 5.32 Å². The number of primary sulfonamides is 1. The molecule has 3 rings (SSSR count). The van der Waals surface area contributed by atoms with E-state index in [9.17, 15) is 8.42 Å². The second-order valence-corrected chi connectivity index (χ2v) is 6.84. The van der Waals surface area contributed by atoms with E-state index in [1.807, 2.05) is 43.3 Å². The molecule has 3 aromatic rings. The molecule has 0 aliphatic rings. The van der Waals surface area contributed by atoms with Gasteiger partial charge in [-0.1, -0.05) is 36.4 Å². The lowest BCUT2D eigenvalue weighted by Gasteiger charge is -2.09. The van der Waals surface area contributed by atoms with Crippen molar-refractivity contribution in [3.05, 3.63) is 66.4 Å². The van der Waals surface area contributed by atoms with Crippen molar-refractivity contribution in [2.45, 2.75) is 11.8 Å². The normalized spacial score (nSPS) is 11.2. The van der Waals surface area contributed by atoms with E-state index >= 15 is 0 Å². The summed E-state index contributed by atoms with van der Waals surface area (Å²) in [5.41, 5.74) is 3.11. The summed E-state index contributed by atoms with van der Waals surface area (Å²) in [6.45, 7) is 1.88. The lowest BCUT2D eigenvalue weighted by Crippen LogP contribution is -2.12. The number of hydrogen-bond acceptors (Lipinski definition) is 5. The summed E-state index contributed by atoms with van der Waals surface area (Å²) in [6, 6.07) is 17.9. The Morgan fingerprint density at radius 1 is 0.958 bits per heavy atom. The van der Waals surface area contributed by atoms with Crippen molar-refractivity contribution in [1.29, 1.82) is 0 Å². The van der Waals surface area contributed by atoms with Gasteiger partial charge in [0.15, 0.2) is 0 Å². The Bertz CT molecular complexity index is 973. The number of nitrogens with zero attached hydrogens (tertiary/aromatic N) is 2. The molecule has 6 nitrogen and oxygen atoms in total. The molecule has 1 aromatic heterocycles.